The lowest BCUT2D eigenvalue weighted by Gasteiger charge is -2.10. The Hall–Kier alpha value is -1.45. The average Bonchev–Trinajstić information content (AvgIpc) is 2.51. The zero-order chi connectivity index (χ0) is 9.68. The lowest BCUT2D eigenvalue weighted by molar-refractivity contribution is -0.120. The number of hydrogen-bond donors (Lipinski definition) is 2. The molecule has 1 rings (SSSR count). The third-order valence-electron chi connectivity index (χ3n) is 1.48. The van der Waals surface area contributed by atoms with Crippen molar-refractivity contribution in [3.05, 3.63) is 24.5 Å². The van der Waals surface area contributed by atoms with Gasteiger partial charge in [0.15, 0.2) is 0 Å². The highest BCUT2D eigenvalue weighted by molar-refractivity contribution is 5.79. The number of nitrogens with zero attached hydrogens (tertiary/aromatic N) is 1. The van der Waals surface area contributed by atoms with Crippen molar-refractivity contribution in [2.24, 2.45) is 0 Å². The standard InChI is InChI=1S/C9H15N3O/c1-8(2)11-9(13)7-10-12-5-3-4-6-12/h3-6,8,10H,7H2,1-2H3,(H,11,13). The van der Waals surface area contributed by atoms with Crippen molar-refractivity contribution in [1.29, 1.82) is 0 Å². The quantitative estimate of drug-likeness (QED) is 0.712. The molecule has 72 valence electrons. The summed E-state index contributed by atoms with van der Waals surface area (Å²) in [6, 6.07) is 3.99. The van der Waals surface area contributed by atoms with E-state index in [-0.39, 0.29) is 11.9 Å². The topological polar surface area (TPSA) is 46.1 Å². The van der Waals surface area contributed by atoms with Crippen molar-refractivity contribution in [3.8, 4) is 0 Å². The van der Waals surface area contributed by atoms with Gasteiger partial charge < -0.3 is 10.7 Å². The summed E-state index contributed by atoms with van der Waals surface area (Å²) in [5.41, 5.74) is 2.93. The molecule has 13 heavy (non-hydrogen) atoms. The minimum absolute atomic E-state index is 0.00343. The molecule has 0 saturated carbocycles. The first-order valence-corrected chi connectivity index (χ1v) is 4.34. The van der Waals surface area contributed by atoms with Crippen LogP contribution >= 0.6 is 0 Å². The van der Waals surface area contributed by atoms with E-state index in [1.165, 1.54) is 0 Å². The van der Waals surface area contributed by atoms with E-state index in [0.29, 0.717) is 6.54 Å². The van der Waals surface area contributed by atoms with E-state index < -0.39 is 0 Å². The lowest BCUT2D eigenvalue weighted by Crippen LogP contribution is -2.36. The van der Waals surface area contributed by atoms with E-state index in [0.717, 1.165) is 0 Å². The maximum absolute atomic E-state index is 11.2. The molecule has 0 saturated heterocycles. The third kappa shape index (κ3) is 3.64. The van der Waals surface area contributed by atoms with Gasteiger partial charge in [0, 0.05) is 18.4 Å². The van der Waals surface area contributed by atoms with E-state index in [1.807, 2.05) is 38.4 Å². The van der Waals surface area contributed by atoms with Crippen LogP contribution in [0.2, 0.25) is 0 Å². The summed E-state index contributed by atoms with van der Waals surface area (Å²) < 4.78 is 1.75. The molecule has 1 aromatic rings. The molecule has 0 fully saturated rings. The molecule has 0 aromatic carbocycles. The molecule has 1 heterocycles. The van der Waals surface area contributed by atoms with E-state index in [2.05, 4.69) is 10.7 Å². The molecule has 0 aliphatic rings. The molecular weight excluding hydrogens is 166 g/mol. The average molecular weight is 181 g/mol. The fourth-order valence-corrected chi connectivity index (χ4v) is 0.976. The van der Waals surface area contributed by atoms with Gasteiger partial charge in [-0.05, 0) is 26.0 Å². The fourth-order valence-electron chi connectivity index (χ4n) is 0.976. The fraction of sp³-hybridized carbons (Fsp3) is 0.444. The van der Waals surface area contributed by atoms with Crippen LogP contribution in [0.5, 0.6) is 0 Å². The molecule has 4 nitrogen and oxygen atoms in total. The second-order valence-corrected chi connectivity index (χ2v) is 3.15. The maximum Gasteiger partial charge on any atom is 0.241 e. The normalized spacial score (nSPS) is 10.1. The molecule has 4 heteroatoms. The Balaban J connectivity index is 2.23. The first-order chi connectivity index (χ1) is 6.18. The number of hydrogen-bond acceptors (Lipinski definition) is 2. The van der Waals surface area contributed by atoms with Gasteiger partial charge in [-0.25, -0.2) is 0 Å². The highest BCUT2D eigenvalue weighted by atomic mass is 16.2. The Labute approximate surface area is 77.9 Å². The van der Waals surface area contributed by atoms with Crippen LogP contribution in [0.15, 0.2) is 24.5 Å². The summed E-state index contributed by atoms with van der Waals surface area (Å²) in [6.45, 7) is 4.17. The van der Waals surface area contributed by atoms with Gasteiger partial charge in [0.2, 0.25) is 5.91 Å². The molecule has 0 spiro atoms. The van der Waals surface area contributed by atoms with Crippen molar-refractivity contribution in [2.45, 2.75) is 19.9 Å². The van der Waals surface area contributed by atoms with Crippen LogP contribution in [0.4, 0.5) is 0 Å². The second-order valence-electron chi connectivity index (χ2n) is 3.15. The first kappa shape index (κ1) is 9.64. The third-order valence-corrected chi connectivity index (χ3v) is 1.48. The largest absolute Gasteiger partial charge is 0.352 e. The van der Waals surface area contributed by atoms with Crippen molar-refractivity contribution < 1.29 is 4.79 Å². The SMILES string of the molecule is CC(C)NC(=O)CNn1cccc1. The van der Waals surface area contributed by atoms with Gasteiger partial charge in [-0.15, -0.1) is 0 Å². The lowest BCUT2D eigenvalue weighted by atomic mass is 10.4. The van der Waals surface area contributed by atoms with Gasteiger partial charge in [-0.2, -0.15) is 0 Å². The smallest absolute Gasteiger partial charge is 0.241 e. The minimum atomic E-state index is 0.00343. The zero-order valence-electron chi connectivity index (χ0n) is 7.95. The molecule has 0 aliphatic heterocycles. The summed E-state index contributed by atoms with van der Waals surface area (Å²) >= 11 is 0. The second kappa shape index (κ2) is 4.54. The van der Waals surface area contributed by atoms with Gasteiger partial charge in [-0.3, -0.25) is 9.47 Å². The van der Waals surface area contributed by atoms with Crippen LogP contribution in [0.25, 0.3) is 0 Å². The Morgan fingerprint density at radius 1 is 1.38 bits per heavy atom. The summed E-state index contributed by atoms with van der Waals surface area (Å²) in [4.78, 5) is 11.2. The van der Waals surface area contributed by atoms with Crippen molar-refractivity contribution >= 4 is 5.91 Å². The Morgan fingerprint density at radius 2 is 2.00 bits per heavy atom. The molecule has 0 atom stereocenters. The maximum atomic E-state index is 11.2. The molecule has 0 radical (unpaired) electrons. The Morgan fingerprint density at radius 3 is 2.54 bits per heavy atom. The molecule has 0 bridgehead atoms. The van der Waals surface area contributed by atoms with Crippen molar-refractivity contribution in [3.63, 3.8) is 0 Å². The summed E-state index contributed by atoms with van der Waals surface area (Å²) in [6.07, 6.45) is 3.70. The van der Waals surface area contributed by atoms with E-state index in [1.54, 1.807) is 4.68 Å². The zero-order valence-corrected chi connectivity index (χ0v) is 7.95. The number of rotatable bonds is 4. The van der Waals surface area contributed by atoms with Gasteiger partial charge in [0.05, 0.1) is 0 Å². The molecule has 2 N–H and O–H groups in total. The molecular formula is C9H15N3O. The molecule has 1 aromatic heterocycles. The molecule has 0 aliphatic carbocycles. The van der Waals surface area contributed by atoms with Gasteiger partial charge in [0.25, 0.3) is 0 Å². The highest BCUT2D eigenvalue weighted by Crippen LogP contribution is 1.84. The number of nitrogens with one attached hydrogen (secondary N) is 2. The van der Waals surface area contributed by atoms with Gasteiger partial charge >= 0.3 is 0 Å². The van der Waals surface area contributed by atoms with Crippen LogP contribution < -0.4 is 10.7 Å². The number of aromatic nitrogens is 1. The van der Waals surface area contributed by atoms with Crippen LogP contribution in [0.1, 0.15) is 13.8 Å². The highest BCUT2D eigenvalue weighted by Gasteiger charge is 2.01. The Bertz CT molecular complexity index is 254. The van der Waals surface area contributed by atoms with E-state index in [9.17, 15) is 4.79 Å². The summed E-state index contributed by atoms with van der Waals surface area (Å²) in [5.74, 6) is 0.00343. The predicted octanol–water partition coefficient (Wildman–Crippen LogP) is 0.556. The van der Waals surface area contributed by atoms with Crippen molar-refractivity contribution in [1.82, 2.24) is 9.99 Å². The first-order valence-electron chi connectivity index (χ1n) is 4.34. The number of carbonyl (C=O) groups is 1. The van der Waals surface area contributed by atoms with Crippen LogP contribution in [0, 0.1) is 0 Å². The summed E-state index contributed by atoms with van der Waals surface area (Å²) in [7, 11) is 0. The van der Waals surface area contributed by atoms with E-state index in [4.69, 9.17) is 0 Å². The number of amides is 1. The van der Waals surface area contributed by atoms with Crippen LogP contribution in [-0.2, 0) is 4.79 Å². The number of carbonyl (C=O) groups excluding carboxylic acids is 1. The van der Waals surface area contributed by atoms with Crippen molar-refractivity contribution in [2.75, 3.05) is 12.0 Å². The minimum Gasteiger partial charge on any atom is -0.352 e. The van der Waals surface area contributed by atoms with Crippen LogP contribution in [0.3, 0.4) is 0 Å². The monoisotopic (exact) mass is 181 g/mol. The summed E-state index contributed by atoms with van der Waals surface area (Å²) in [5, 5.41) is 2.79. The van der Waals surface area contributed by atoms with Gasteiger partial charge in [-0.1, -0.05) is 0 Å². The predicted molar refractivity (Wildman–Crippen MR) is 51.9 cm³/mol. The molecule has 1 amide bonds. The molecule has 0 unspecified atom stereocenters. The van der Waals surface area contributed by atoms with Crippen LogP contribution in [-0.4, -0.2) is 23.2 Å². The Kier molecular flexibility index (Phi) is 3.37. The van der Waals surface area contributed by atoms with Gasteiger partial charge in [0.1, 0.15) is 6.54 Å². The van der Waals surface area contributed by atoms with E-state index >= 15 is 0 Å².